The van der Waals surface area contributed by atoms with E-state index in [-0.39, 0.29) is 18.2 Å². The van der Waals surface area contributed by atoms with Gasteiger partial charge < -0.3 is 5.73 Å². The smallest absolute Gasteiger partial charge is 0.180 e. The molecule has 0 spiro atoms. The second kappa shape index (κ2) is 7.90. The minimum absolute atomic E-state index is 0. The van der Waals surface area contributed by atoms with E-state index in [4.69, 9.17) is 5.73 Å². The van der Waals surface area contributed by atoms with E-state index in [0.29, 0.717) is 11.0 Å². The molecule has 1 aliphatic rings. The van der Waals surface area contributed by atoms with Crippen molar-refractivity contribution in [3.05, 3.63) is 46.7 Å². The Bertz CT molecular complexity index is 579. The van der Waals surface area contributed by atoms with E-state index in [1.54, 1.807) is 23.5 Å². The van der Waals surface area contributed by atoms with Crippen LogP contribution in [-0.2, 0) is 13.0 Å². The molecule has 0 unspecified atom stereocenters. The maximum atomic E-state index is 12.9. The Hall–Kier alpha value is -1.17. The summed E-state index contributed by atoms with van der Waals surface area (Å²) in [5.41, 5.74) is 6.91. The van der Waals surface area contributed by atoms with E-state index in [1.807, 2.05) is 18.3 Å². The van der Waals surface area contributed by atoms with Crippen molar-refractivity contribution in [1.29, 1.82) is 0 Å². The molecule has 0 atom stereocenters. The lowest BCUT2D eigenvalue weighted by molar-refractivity contribution is 0.178. The number of thiazole rings is 1. The monoisotopic (exact) mass is 341 g/mol. The minimum Gasteiger partial charge on any atom is -0.375 e. The molecule has 6 heteroatoms. The molecule has 2 heterocycles. The molecule has 1 fully saturated rings. The highest BCUT2D eigenvalue weighted by Gasteiger charge is 2.20. The fraction of sp³-hybridized carbons (Fsp3) is 0.438. The molecule has 2 N–H and O–H groups in total. The van der Waals surface area contributed by atoms with Crippen LogP contribution in [0.25, 0.3) is 0 Å². The van der Waals surface area contributed by atoms with Crippen LogP contribution in [0.1, 0.15) is 23.3 Å². The van der Waals surface area contributed by atoms with Crippen molar-refractivity contribution in [3.63, 3.8) is 0 Å². The Morgan fingerprint density at radius 1 is 1.23 bits per heavy atom. The number of rotatable bonds is 4. The first-order valence-corrected chi connectivity index (χ1v) is 8.17. The Labute approximate surface area is 140 Å². The number of hydrogen-bond acceptors (Lipinski definition) is 4. The molecular weight excluding hydrogens is 321 g/mol. The number of piperidine rings is 1. The van der Waals surface area contributed by atoms with Gasteiger partial charge in [-0.3, -0.25) is 4.90 Å². The van der Waals surface area contributed by atoms with Gasteiger partial charge in [-0.05, 0) is 56.0 Å². The van der Waals surface area contributed by atoms with Crippen LogP contribution >= 0.6 is 23.7 Å². The lowest BCUT2D eigenvalue weighted by Gasteiger charge is -2.31. The van der Waals surface area contributed by atoms with Gasteiger partial charge in [0.1, 0.15) is 5.82 Å². The highest BCUT2D eigenvalue weighted by atomic mass is 35.5. The van der Waals surface area contributed by atoms with Crippen molar-refractivity contribution in [2.24, 2.45) is 5.92 Å². The van der Waals surface area contributed by atoms with E-state index >= 15 is 0 Å². The molecular formula is C16H21ClFN3S. The standard InChI is InChI=1S/C16H20FN3S.ClH/c17-14-3-1-12(2-4-14)9-13-5-7-20(8-6-13)11-15-10-19-16(18)21-15;/h1-4,10,13H,5-9,11H2,(H2,18,19);1H. The van der Waals surface area contributed by atoms with Gasteiger partial charge >= 0.3 is 0 Å². The minimum atomic E-state index is -0.155. The van der Waals surface area contributed by atoms with Gasteiger partial charge in [-0.1, -0.05) is 12.1 Å². The number of hydrogen-bond donors (Lipinski definition) is 1. The molecule has 2 aromatic rings. The molecule has 120 valence electrons. The third-order valence-electron chi connectivity index (χ3n) is 4.10. The average Bonchev–Trinajstić information content (AvgIpc) is 2.89. The fourth-order valence-electron chi connectivity index (χ4n) is 2.92. The molecule has 0 amide bonds. The topological polar surface area (TPSA) is 42.1 Å². The zero-order valence-corrected chi connectivity index (χ0v) is 14.0. The first-order chi connectivity index (χ1) is 10.2. The summed E-state index contributed by atoms with van der Waals surface area (Å²) >= 11 is 1.58. The predicted molar refractivity (Wildman–Crippen MR) is 91.9 cm³/mol. The number of halogens is 2. The summed E-state index contributed by atoms with van der Waals surface area (Å²) in [5.74, 6) is 0.552. The van der Waals surface area contributed by atoms with E-state index in [1.165, 1.54) is 23.3 Å². The summed E-state index contributed by atoms with van der Waals surface area (Å²) in [6.07, 6.45) is 5.34. The van der Waals surface area contributed by atoms with Crippen molar-refractivity contribution >= 4 is 28.9 Å². The molecule has 1 aromatic carbocycles. The van der Waals surface area contributed by atoms with Crippen LogP contribution < -0.4 is 5.73 Å². The predicted octanol–water partition coefficient (Wildman–Crippen LogP) is 3.74. The summed E-state index contributed by atoms with van der Waals surface area (Å²) < 4.78 is 12.9. The maximum Gasteiger partial charge on any atom is 0.180 e. The second-order valence-electron chi connectivity index (χ2n) is 5.71. The van der Waals surface area contributed by atoms with Crippen LogP contribution in [0.2, 0.25) is 0 Å². The quantitative estimate of drug-likeness (QED) is 0.921. The highest BCUT2D eigenvalue weighted by molar-refractivity contribution is 7.15. The summed E-state index contributed by atoms with van der Waals surface area (Å²) in [5, 5.41) is 0.649. The van der Waals surface area contributed by atoms with Gasteiger partial charge in [-0.2, -0.15) is 0 Å². The SMILES string of the molecule is Cl.Nc1ncc(CN2CCC(Cc3ccc(F)cc3)CC2)s1. The van der Waals surface area contributed by atoms with Crippen LogP contribution in [0.15, 0.2) is 30.5 Å². The van der Waals surface area contributed by atoms with Crippen LogP contribution in [0.3, 0.4) is 0 Å². The Morgan fingerprint density at radius 2 is 1.91 bits per heavy atom. The third-order valence-corrected chi connectivity index (χ3v) is 4.91. The van der Waals surface area contributed by atoms with Gasteiger partial charge in [-0.15, -0.1) is 23.7 Å². The number of nitrogen functional groups attached to an aromatic ring is 1. The summed E-state index contributed by atoms with van der Waals surface area (Å²) in [6.45, 7) is 3.19. The van der Waals surface area contributed by atoms with Crippen molar-refractivity contribution < 1.29 is 4.39 Å². The number of anilines is 1. The first-order valence-electron chi connectivity index (χ1n) is 7.36. The van der Waals surface area contributed by atoms with Gasteiger partial charge in [0.25, 0.3) is 0 Å². The highest BCUT2D eigenvalue weighted by Crippen LogP contribution is 2.24. The molecule has 1 aliphatic heterocycles. The van der Waals surface area contributed by atoms with E-state index in [9.17, 15) is 4.39 Å². The van der Waals surface area contributed by atoms with Crippen molar-refractivity contribution in [3.8, 4) is 0 Å². The zero-order chi connectivity index (χ0) is 14.7. The fourth-order valence-corrected chi connectivity index (χ4v) is 3.65. The van der Waals surface area contributed by atoms with Crippen LogP contribution in [0, 0.1) is 11.7 Å². The van der Waals surface area contributed by atoms with Gasteiger partial charge in [0, 0.05) is 17.6 Å². The first kappa shape index (κ1) is 17.2. The Kier molecular flexibility index (Phi) is 6.17. The Morgan fingerprint density at radius 3 is 2.50 bits per heavy atom. The third kappa shape index (κ3) is 4.66. The van der Waals surface area contributed by atoms with Gasteiger partial charge in [-0.25, -0.2) is 9.37 Å². The molecule has 0 aliphatic carbocycles. The summed E-state index contributed by atoms with van der Waals surface area (Å²) in [6, 6.07) is 6.92. The van der Waals surface area contributed by atoms with Crippen molar-refractivity contribution in [1.82, 2.24) is 9.88 Å². The van der Waals surface area contributed by atoms with Crippen LogP contribution in [0.4, 0.5) is 9.52 Å². The lowest BCUT2D eigenvalue weighted by Crippen LogP contribution is -2.33. The molecule has 22 heavy (non-hydrogen) atoms. The molecule has 0 bridgehead atoms. The van der Waals surface area contributed by atoms with Gasteiger partial charge in [0.2, 0.25) is 0 Å². The van der Waals surface area contributed by atoms with E-state index < -0.39 is 0 Å². The average molecular weight is 342 g/mol. The zero-order valence-electron chi connectivity index (χ0n) is 12.4. The largest absolute Gasteiger partial charge is 0.375 e. The maximum absolute atomic E-state index is 12.9. The molecule has 1 saturated heterocycles. The lowest BCUT2D eigenvalue weighted by atomic mass is 9.90. The number of nitrogens with zero attached hydrogens (tertiary/aromatic N) is 2. The van der Waals surface area contributed by atoms with Crippen LogP contribution in [0.5, 0.6) is 0 Å². The second-order valence-corrected chi connectivity index (χ2v) is 6.86. The number of nitrogens with two attached hydrogens (primary N) is 1. The Balaban J connectivity index is 0.00000176. The number of aromatic nitrogens is 1. The van der Waals surface area contributed by atoms with E-state index in [0.717, 1.165) is 26.1 Å². The van der Waals surface area contributed by atoms with Crippen LogP contribution in [-0.4, -0.2) is 23.0 Å². The molecule has 3 rings (SSSR count). The molecule has 3 nitrogen and oxygen atoms in total. The van der Waals surface area contributed by atoms with Gasteiger partial charge in [0.15, 0.2) is 5.13 Å². The number of likely N-dealkylation sites (tertiary alicyclic amines) is 1. The molecule has 1 aromatic heterocycles. The summed E-state index contributed by atoms with van der Waals surface area (Å²) in [7, 11) is 0. The molecule has 0 saturated carbocycles. The van der Waals surface area contributed by atoms with E-state index in [2.05, 4.69) is 9.88 Å². The van der Waals surface area contributed by atoms with Crippen molar-refractivity contribution in [2.45, 2.75) is 25.8 Å². The number of benzene rings is 1. The van der Waals surface area contributed by atoms with Crippen molar-refractivity contribution in [2.75, 3.05) is 18.8 Å². The van der Waals surface area contributed by atoms with Gasteiger partial charge in [0.05, 0.1) is 0 Å². The molecule has 0 radical (unpaired) electrons. The normalized spacial score (nSPS) is 16.4. The summed E-state index contributed by atoms with van der Waals surface area (Å²) in [4.78, 5) is 7.81.